The van der Waals surface area contributed by atoms with Gasteiger partial charge in [-0.15, -0.1) is 0 Å². The summed E-state index contributed by atoms with van der Waals surface area (Å²) in [6.07, 6.45) is 13.9. The fourth-order valence-corrected chi connectivity index (χ4v) is 1.09. The molecule has 0 spiro atoms. The first kappa shape index (κ1) is 23.2. The summed E-state index contributed by atoms with van der Waals surface area (Å²) < 4.78 is 0. The highest BCUT2D eigenvalue weighted by atomic mass is 16.1. The molecule has 0 amide bonds. The zero-order valence-electron chi connectivity index (χ0n) is 13.9. The molecule has 0 saturated carbocycles. The lowest BCUT2D eigenvalue weighted by Crippen LogP contribution is -1.94. The topological polar surface area (TPSA) is 17.1 Å². The summed E-state index contributed by atoms with van der Waals surface area (Å²) in [5, 5.41) is 0. The molecule has 0 aliphatic heterocycles. The first-order chi connectivity index (χ1) is 9.69. The second-order valence-corrected chi connectivity index (χ2v) is 3.05. The highest BCUT2D eigenvalue weighted by Crippen LogP contribution is 2.04. The highest BCUT2D eigenvalue weighted by Gasteiger charge is 1.99. The largest absolute Gasteiger partial charge is 0.289 e. The van der Waals surface area contributed by atoms with Gasteiger partial charge in [0.15, 0.2) is 5.78 Å². The molecular weight excluding hydrogens is 244 g/mol. The molecule has 1 heteroatoms. The van der Waals surface area contributed by atoms with E-state index in [2.05, 4.69) is 13.2 Å². The Bertz CT molecular complexity index is 377. The lowest BCUT2D eigenvalue weighted by atomic mass is 10.1. The average Bonchev–Trinajstić information content (AvgIpc) is 2.52. The van der Waals surface area contributed by atoms with Crippen LogP contribution in [0.2, 0.25) is 0 Å². The minimum absolute atomic E-state index is 0.0706. The van der Waals surface area contributed by atoms with Crippen LogP contribution in [0.3, 0.4) is 0 Å². The Labute approximate surface area is 125 Å². The summed E-state index contributed by atoms with van der Waals surface area (Å²) >= 11 is 0. The number of rotatable bonds is 6. The molecule has 0 aromatic heterocycles. The zero-order chi connectivity index (χ0) is 16.4. The van der Waals surface area contributed by atoms with Crippen molar-refractivity contribution >= 4 is 5.78 Å². The molecule has 0 atom stereocenters. The Morgan fingerprint density at radius 2 is 1.45 bits per heavy atom. The third kappa shape index (κ3) is 12.6. The summed E-state index contributed by atoms with van der Waals surface area (Å²) in [5.74, 6) is -0.0706. The second-order valence-electron chi connectivity index (χ2n) is 3.05. The SMILES string of the molecule is C=C/C=C(\C=C)C(=O)/C=C/C(/C=C\C)=C/C.CC.CC. The van der Waals surface area contributed by atoms with Gasteiger partial charge in [0.2, 0.25) is 0 Å². The van der Waals surface area contributed by atoms with E-state index in [4.69, 9.17) is 0 Å². The van der Waals surface area contributed by atoms with Crippen molar-refractivity contribution in [3.05, 3.63) is 72.9 Å². The van der Waals surface area contributed by atoms with Crippen LogP contribution in [0.1, 0.15) is 41.5 Å². The lowest BCUT2D eigenvalue weighted by molar-refractivity contribution is -0.111. The monoisotopic (exact) mass is 274 g/mol. The Hall–Kier alpha value is -1.89. The van der Waals surface area contributed by atoms with Gasteiger partial charge in [-0.3, -0.25) is 4.79 Å². The molecule has 0 aromatic carbocycles. The van der Waals surface area contributed by atoms with Crippen LogP contribution in [-0.2, 0) is 4.79 Å². The van der Waals surface area contributed by atoms with Gasteiger partial charge in [-0.1, -0.05) is 83.4 Å². The van der Waals surface area contributed by atoms with Gasteiger partial charge in [0.05, 0.1) is 0 Å². The van der Waals surface area contributed by atoms with Gasteiger partial charge in [-0.25, -0.2) is 0 Å². The van der Waals surface area contributed by atoms with Gasteiger partial charge >= 0.3 is 0 Å². The Morgan fingerprint density at radius 3 is 1.80 bits per heavy atom. The van der Waals surface area contributed by atoms with Gasteiger partial charge in [-0.2, -0.15) is 0 Å². The molecule has 1 nitrogen and oxygen atoms in total. The van der Waals surface area contributed by atoms with Gasteiger partial charge < -0.3 is 0 Å². The maximum atomic E-state index is 11.7. The molecule has 20 heavy (non-hydrogen) atoms. The lowest BCUT2D eigenvalue weighted by Gasteiger charge is -1.95. The summed E-state index contributed by atoms with van der Waals surface area (Å²) in [6.45, 7) is 19.0. The fraction of sp³-hybridized carbons (Fsp3) is 0.316. The van der Waals surface area contributed by atoms with Crippen molar-refractivity contribution in [1.82, 2.24) is 0 Å². The molecule has 0 aliphatic carbocycles. The van der Waals surface area contributed by atoms with E-state index in [-0.39, 0.29) is 5.78 Å². The molecule has 0 radical (unpaired) electrons. The van der Waals surface area contributed by atoms with Crippen LogP contribution in [0.5, 0.6) is 0 Å². The number of hydrogen-bond donors (Lipinski definition) is 0. The average molecular weight is 274 g/mol. The molecule has 0 aromatic rings. The van der Waals surface area contributed by atoms with Crippen molar-refractivity contribution in [3.63, 3.8) is 0 Å². The van der Waals surface area contributed by atoms with Gasteiger partial charge in [0.1, 0.15) is 0 Å². The van der Waals surface area contributed by atoms with Crippen LogP contribution in [0.25, 0.3) is 0 Å². The van der Waals surface area contributed by atoms with E-state index >= 15 is 0 Å². The van der Waals surface area contributed by atoms with Crippen molar-refractivity contribution in [2.24, 2.45) is 0 Å². The van der Waals surface area contributed by atoms with E-state index in [1.165, 1.54) is 12.2 Å². The highest BCUT2D eigenvalue weighted by molar-refractivity contribution is 6.06. The van der Waals surface area contributed by atoms with Crippen molar-refractivity contribution in [1.29, 1.82) is 0 Å². The summed E-state index contributed by atoms with van der Waals surface area (Å²) in [6, 6.07) is 0. The normalized spacial score (nSPS) is 11.3. The maximum Gasteiger partial charge on any atom is 0.185 e. The van der Waals surface area contributed by atoms with E-state index in [0.29, 0.717) is 5.57 Å². The molecule has 0 bridgehead atoms. The molecule has 0 unspecified atom stereocenters. The van der Waals surface area contributed by atoms with Crippen LogP contribution in [0.15, 0.2) is 72.9 Å². The first-order valence-electron chi connectivity index (χ1n) is 7.16. The molecule has 0 fully saturated rings. The number of carbonyl (C=O) groups excluding carboxylic acids is 1. The molecule has 0 aliphatic rings. The molecular formula is C19H30O. The van der Waals surface area contributed by atoms with Crippen molar-refractivity contribution in [2.45, 2.75) is 41.5 Å². The Morgan fingerprint density at radius 1 is 0.900 bits per heavy atom. The van der Waals surface area contributed by atoms with E-state index in [0.717, 1.165) is 5.57 Å². The molecule has 0 heterocycles. The standard InChI is InChI=1S/C15H18O.2C2H6/c1-5-9-13(7-3)11-12-15(16)14(8-4)10-6-2;2*1-2/h5-12H,2,4H2,1,3H3;2*1-2H3/b9-5-,12-11+,13-7+,14-10+;;. The molecule has 112 valence electrons. The summed E-state index contributed by atoms with van der Waals surface area (Å²) in [7, 11) is 0. The zero-order valence-corrected chi connectivity index (χ0v) is 13.9. The number of hydrogen-bond acceptors (Lipinski definition) is 1. The summed E-state index contributed by atoms with van der Waals surface area (Å²) in [5.41, 5.74) is 1.54. The number of ketones is 1. The van der Waals surface area contributed by atoms with Crippen LogP contribution >= 0.6 is 0 Å². The molecule has 0 saturated heterocycles. The van der Waals surface area contributed by atoms with Crippen LogP contribution in [0.4, 0.5) is 0 Å². The smallest absolute Gasteiger partial charge is 0.185 e. The predicted molar refractivity (Wildman–Crippen MR) is 93.9 cm³/mol. The van der Waals surface area contributed by atoms with E-state index in [9.17, 15) is 4.79 Å². The second kappa shape index (κ2) is 19.4. The molecule has 0 N–H and O–H groups in total. The Kier molecular flexibility index (Phi) is 22.6. The van der Waals surface area contributed by atoms with Crippen molar-refractivity contribution < 1.29 is 4.79 Å². The van der Waals surface area contributed by atoms with Gasteiger partial charge in [-0.05, 0) is 25.5 Å². The van der Waals surface area contributed by atoms with Gasteiger partial charge in [0, 0.05) is 5.57 Å². The van der Waals surface area contributed by atoms with Crippen molar-refractivity contribution in [3.8, 4) is 0 Å². The maximum absolute atomic E-state index is 11.7. The van der Waals surface area contributed by atoms with E-state index in [1.807, 2.05) is 59.8 Å². The Balaban J connectivity index is -0.000000656. The van der Waals surface area contributed by atoms with Gasteiger partial charge in [0.25, 0.3) is 0 Å². The summed E-state index contributed by atoms with van der Waals surface area (Å²) in [4.78, 5) is 11.7. The van der Waals surface area contributed by atoms with Crippen LogP contribution in [-0.4, -0.2) is 5.78 Å². The van der Waals surface area contributed by atoms with E-state index < -0.39 is 0 Å². The fourth-order valence-electron chi connectivity index (χ4n) is 1.09. The predicted octanol–water partition coefficient (Wildman–Crippen LogP) is 5.98. The minimum Gasteiger partial charge on any atom is -0.289 e. The van der Waals surface area contributed by atoms with E-state index in [1.54, 1.807) is 18.2 Å². The van der Waals surface area contributed by atoms with Crippen LogP contribution < -0.4 is 0 Å². The third-order valence-electron chi connectivity index (χ3n) is 1.92. The molecule has 0 rings (SSSR count). The number of allylic oxidation sites excluding steroid dienone is 10. The van der Waals surface area contributed by atoms with Crippen LogP contribution in [0, 0.1) is 0 Å². The minimum atomic E-state index is -0.0706. The number of carbonyl (C=O) groups is 1. The quantitative estimate of drug-likeness (QED) is 0.430. The third-order valence-corrected chi connectivity index (χ3v) is 1.92. The van der Waals surface area contributed by atoms with Crippen molar-refractivity contribution in [2.75, 3.05) is 0 Å². The first-order valence-corrected chi connectivity index (χ1v) is 7.16.